The minimum Gasteiger partial charge on any atom is -0.256 e. The second-order valence-electron chi connectivity index (χ2n) is 9.10. The van der Waals surface area contributed by atoms with Crippen molar-refractivity contribution in [1.82, 2.24) is 9.97 Å². The van der Waals surface area contributed by atoms with E-state index in [-0.39, 0.29) is 0 Å². The van der Waals surface area contributed by atoms with E-state index >= 15 is 0 Å². The highest BCUT2D eigenvalue weighted by molar-refractivity contribution is 6.13. The van der Waals surface area contributed by atoms with Crippen LogP contribution < -0.4 is 0 Å². The number of hydrogen-bond acceptors (Lipinski definition) is 2. The summed E-state index contributed by atoms with van der Waals surface area (Å²) in [6.45, 7) is 0. The molecule has 36 heavy (non-hydrogen) atoms. The van der Waals surface area contributed by atoms with Crippen LogP contribution in [0.3, 0.4) is 0 Å². The standard InChI is InChI=1S/C34H22N2/c1-2-8-24(9-3-1)30-21-33(36-32-19-18-25-10-4-6-12-29(25)34(30)32)26-16-14-23(15-17-26)28-20-27-11-5-7-13-31(27)35-22-28/h1-22H. The monoisotopic (exact) mass is 458 g/mol. The third-order valence-electron chi connectivity index (χ3n) is 6.89. The maximum absolute atomic E-state index is 5.11. The van der Waals surface area contributed by atoms with Gasteiger partial charge in [0.15, 0.2) is 0 Å². The lowest BCUT2D eigenvalue weighted by Gasteiger charge is -2.13. The van der Waals surface area contributed by atoms with Crippen LogP contribution in [0.2, 0.25) is 0 Å². The van der Waals surface area contributed by atoms with Crippen molar-refractivity contribution < 1.29 is 0 Å². The minimum absolute atomic E-state index is 0.972. The molecule has 5 aromatic carbocycles. The normalized spacial score (nSPS) is 11.3. The zero-order chi connectivity index (χ0) is 23.9. The Morgan fingerprint density at radius 1 is 0.444 bits per heavy atom. The lowest BCUT2D eigenvalue weighted by molar-refractivity contribution is 1.39. The summed E-state index contributed by atoms with van der Waals surface area (Å²) in [4.78, 5) is 9.74. The van der Waals surface area contributed by atoms with Gasteiger partial charge in [-0.15, -0.1) is 0 Å². The van der Waals surface area contributed by atoms with E-state index in [1.54, 1.807) is 0 Å². The van der Waals surface area contributed by atoms with Crippen molar-refractivity contribution in [2.75, 3.05) is 0 Å². The average molecular weight is 459 g/mol. The summed E-state index contributed by atoms with van der Waals surface area (Å²) < 4.78 is 0. The van der Waals surface area contributed by atoms with Crippen molar-refractivity contribution in [3.63, 3.8) is 0 Å². The fourth-order valence-electron chi connectivity index (χ4n) is 5.06. The van der Waals surface area contributed by atoms with Crippen molar-refractivity contribution >= 4 is 32.6 Å². The van der Waals surface area contributed by atoms with Crippen LogP contribution in [-0.4, -0.2) is 9.97 Å². The molecule has 7 aromatic rings. The van der Waals surface area contributed by atoms with Gasteiger partial charge in [0, 0.05) is 28.1 Å². The number of rotatable bonds is 3. The molecule has 2 heteroatoms. The van der Waals surface area contributed by atoms with Gasteiger partial charge < -0.3 is 0 Å². The summed E-state index contributed by atoms with van der Waals surface area (Å²) in [5.74, 6) is 0. The molecular weight excluding hydrogens is 436 g/mol. The summed E-state index contributed by atoms with van der Waals surface area (Å²) in [6.07, 6.45) is 1.95. The number of aromatic nitrogens is 2. The average Bonchev–Trinajstić information content (AvgIpc) is 2.96. The van der Waals surface area contributed by atoms with E-state index < -0.39 is 0 Å². The Morgan fingerprint density at radius 3 is 2.03 bits per heavy atom. The van der Waals surface area contributed by atoms with Gasteiger partial charge in [-0.3, -0.25) is 4.98 Å². The Kier molecular flexibility index (Phi) is 4.82. The van der Waals surface area contributed by atoms with E-state index in [4.69, 9.17) is 4.98 Å². The first-order chi connectivity index (χ1) is 17.8. The lowest BCUT2D eigenvalue weighted by atomic mass is 9.94. The Labute approximate surface area is 209 Å². The lowest BCUT2D eigenvalue weighted by Crippen LogP contribution is -1.91. The maximum Gasteiger partial charge on any atom is 0.0722 e. The molecule has 0 radical (unpaired) electrons. The number of pyridine rings is 2. The fourth-order valence-corrected chi connectivity index (χ4v) is 5.06. The van der Waals surface area contributed by atoms with Gasteiger partial charge in [0.2, 0.25) is 0 Å². The van der Waals surface area contributed by atoms with Crippen LogP contribution in [0.1, 0.15) is 0 Å². The molecule has 0 fully saturated rings. The SMILES string of the molecule is c1ccc(-c2cc(-c3ccc(-c4cnc5ccccc5c4)cc3)nc3ccc4ccccc4c23)cc1. The van der Waals surface area contributed by atoms with Gasteiger partial charge in [-0.1, -0.05) is 103 Å². The van der Waals surface area contributed by atoms with Crippen molar-refractivity contribution in [2.45, 2.75) is 0 Å². The quantitative estimate of drug-likeness (QED) is 0.247. The first-order valence-electron chi connectivity index (χ1n) is 12.2. The number of para-hydroxylation sites is 1. The molecule has 0 N–H and O–H groups in total. The van der Waals surface area contributed by atoms with Gasteiger partial charge in [0.05, 0.1) is 16.7 Å². The van der Waals surface area contributed by atoms with E-state index in [1.165, 1.54) is 27.3 Å². The summed E-state index contributed by atoms with van der Waals surface area (Å²) in [7, 11) is 0. The largest absolute Gasteiger partial charge is 0.256 e. The summed E-state index contributed by atoms with van der Waals surface area (Å²) in [6, 6.07) is 44.8. The zero-order valence-electron chi connectivity index (χ0n) is 19.6. The molecule has 7 rings (SSSR count). The highest BCUT2D eigenvalue weighted by atomic mass is 14.7. The number of fused-ring (bicyclic) bond motifs is 4. The Morgan fingerprint density at radius 2 is 1.17 bits per heavy atom. The van der Waals surface area contributed by atoms with Gasteiger partial charge in [0.25, 0.3) is 0 Å². The van der Waals surface area contributed by atoms with Crippen molar-refractivity contribution in [1.29, 1.82) is 0 Å². The zero-order valence-corrected chi connectivity index (χ0v) is 19.6. The van der Waals surface area contributed by atoms with E-state index in [1.807, 2.05) is 18.3 Å². The topological polar surface area (TPSA) is 25.8 Å². The molecule has 0 saturated heterocycles. The predicted molar refractivity (Wildman–Crippen MR) is 151 cm³/mol. The Bertz CT molecular complexity index is 1870. The van der Waals surface area contributed by atoms with Crippen LogP contribution >= 0.6 is 0 Å². The van der Waals surface area contributed by atoms with Crippen LogP contribution in [-0.2, 0) is 0 Å². The summed E-state index contributed by atoms with van der Waals surface area (Å²) in [5, 5.41) is 4.80. The number of hydrogen-bond donors (Lipinski definition) is 0. The van der Waals surface area contributed by atoms with Crippen molar-refractivity contribution in [3.8, 4) is 33.5 Å². The Balaban J connectivity index is 1.38. The molecule has 2 aromatic heterocycles. The van der Waals surface area contributed by atoms with Crippen LogP contribution in [0.5, 0.6) is 0 Å². The fraction of sp³-hybridized carbons (Fsp3) is 0. The van der Waals surface area contributed by atoms with E-state index in [0.717, 1.165) is 38.8 Å². The second kappa shape index (κ2) is 8.44. The Hall–Kier alpha value is -4.82. The molecule has 0 unspecified atom stereocenters. The van der Waals surface area contributed by atoms with Gasteiger partial charge in [-0.25, -0.2) is 4.98 Å². The second-order valence-corrected chi connectivity index (χ2v) is 9.10. The highest BCUT2D eigenvalue weighted by Crippen LogP contribution is 2.37. The smallest absolute Gasteiger partial charge is 0.0722 e. The molecule has 0 spiro atoms. The molecular formula is C34H22N2. The summed E-state index contributed by atoms with van der Waals surface area (Å²) in [5.41, 5.74) is 8.75. The molecule has 0 bridgehead atoms. The molecule has 0 aliphatic carbocycles. The van der Waals surface area contributed by atoms with Crippen LogP contribution in [0.25, 0.3) is 66.1 Å². The first-order valence-corrected chi connectivity index (χ1v) is 12.2. The molecule has 0 saturated carbocycles. The molecule has 168 valence electrons. The van der Waals surface area contributed by atoms with E-state index in [9.17, 15) is 0 Å². The molecule has 0 aliphatic rings. The van der Waals surface area contributed by atoms with E-state index in [2.05, 4.69) is 120 Å². The summed E-state index contributed by atoms with van der Waals surface area (Å²) >= 11 is 0. The van der Waals surface area contributed by atoms with Crippen molar-refractivity contribution in [3.05, 3.63) is 134 Å². The molecule has 0 amide bonds. The van der Waals surface area contributed by atoms with Gasteiger partial charge in [0.1, 0.15) is 0 Å². The third-order valence-corrected chi connectivity index (χ3v) is 6.89. The number of benzene rings is 5. The molecule has 0 aliphatic heterocycles. The van der Waals surface area contributed by atoms with Crippen LogP contribution in [0.4, 0.5) is 0 Å². The molecule has 2 heterocycles. The predicted octanol–water partition coefficient (Wildman–Crippen LogP) is 8.94. The molecule has 0 atom stereocenters. The first kappa shape index (κ1) is 20.5. The maximum atomic E-state index is 5.11. The van der Waals surface area contributed by atoms with Gasteiger partial charge in [-0.2, -0.15) is 0 Å². The highest BCUT2D eigenvalue weighted by Gasteiger charge is 2.13. The van der Waals surface area contributed by atoms with Crippen LogP contribution in [0, 0.1) is 0 Å². The molecule has 2 nitrogen and oxygen atoms in total. The van der Waals surface area contributed by atoms with Crippen molar-refractivity contribution in [2.24, 2.45) is 0 Å². The van der Waals surface area contributed by atoms with Gasteiger partial charge in [-0.05, 0) is 51.7 Å². The van der Waals surface area contributed by atoms with Gasteiger partial charge >= 0.3 is 0 Å². The number of nitrogens with zero attached hydrogens (tertiary/aromatic N) is 2. The minimum atomic E-state index is 0.972. The third kappa shape index (κ3) is 3.52. The van der Waals surface area contributed by atoms with E-state index in [0.29, 0.717) is 0 Å². The van der Waals surface area contributed by atoms with Crippen LogP contribution in [0.15, 0.2) is 134 Å².